The summed E-state index contributed by atoms with van der Waals surface area (Å²) in [5, 5.41) is 4.18. The predicted molar refractivity (Wildman–Crippen MR) is 109 cm³/mol. The van der Waals surface area contributed by atoms with Gasteiger partial charge in [0.25, 0.3) is 16.1 Å². The van der Waals surface area contributed by atoms with Crippen molar-refractivity contribution in [3.63, 3.8) is 0 Å². The minimum atomic E-state index is -3.46. The first-order chi connectivity index (χ1) is 13.9. The molecular formula is C19H26N6O3S. The van der Waals surface area contributed by atoms with Gasteiger partial charge in [0.1, 0.15) is 0 Å². The second-order valence-corrected chi connectivity index (χ2v) is 9.33. The summed E-state index contributed by atoms with van der Waals surface area (Å²) >= 11 is 0. The van der Waals surface area contributed by atoms with E-state index in [2.05, 4.69) is 10.00 Å². The maximum absolute atomic E-state index is 12.9. The molecule has 0 radical (unpaired) electrons. The van der Waals surface area contributed by atoms with Gasteiger partial charge in [-0.15, -0.1) is 0 Å². The van der Waals surface area contributed by atoms with E-state index in [1.165, 1.54) is 4.31 Å². The summed E-state index contributed by atoms with van der Waals surface area (Å²) < 4.78 is 30.5. The fraction of sp³-hybridized carbons (Fsp3) is 0.474. The van der Waals surface area contributed by atoms with Crippen LogP contribution in [-0.2, 0) is 10.2 Å². The molecule has 2 aromatic rings. The highest BCUT2D eigenvalue weighted by Gasteiger charge is 2.34. The number of benzene rings is 1. The van der Waals surface area contributed by atoms with Crippen LogP contribution in [0.1, 0.15) is 10.4 Å². The predicted octanol–water partition coefficient (Wildman–Crippen LogP) is 0.122. The lowest BCUT2D eigenvalue weighted by molar-refractivity contribution is 0.0692. The Bertz CT molecular complexity index is 929. The summed E-state index contributed by atoms with van der Waals surface area (Å²) in [6.07, 6.45) is 3.55. The number of rotatable bonds is 4. The average Bonchev–Trinajstić information content (AvgIpc) is 3.29. The van der Waals surface area contributed by atoms with E-state index in [0.717, 1.165) is 18.8 Å². The van der Waals surface area contributed by atoms with E-state index in [9.17, 15) is 13.2 Å². The average molecular weight is 419 g/mol. The highest BCUT2D eigenvalue weighted by molar-refractivity contribution is 7.86. The Morgan fingerprint density at radius 2 is 1.48 bits per heavy atom. The third-order valence-corrected chi connectivity index (χ3v) is 7.56. The van der Waals surface area contributed by atoms with Crippen molar-refractivity contribution < 1.29 is 13.2 Å². The van der Waals surface area contributed by atoms with Crippen molar-refractivity contribution in [3.8, 4) is 5.69 Å². The first-order valence-corrected chi connectivity index (χ1v) is 11.2. The molecule has 2 aliphatic rings. The molecule has 1 aromatic heterocycles. The Hall–Kier alpha value is -2.27. The number of amides is 1. The van der Waals surface area contributed by atoms with Gasteiger partial charge in [0, 0.05) is 70.3 Å². The number of hydrogen-bond donors (Lipinski definition) is 0. The molecule has 0 spiro atoms. The van der Waals surface area contributed by atoms with E-state index >= 15 is 0 Å². The SMILES string of the molecule is CN1CCN(S(=O)(=O)N2CCN(C(=O)c3ccc(-n4cccn4)cc3)CC2)CC1. The van der Waals surface area contributed by atoms with Crippen LogP contribution in [-0.4, -0.2) is 102 Å². The molecule has 29 heavy (non-hydrogen) atoms. The standard InChI is InChI=1S/C19H26N6O3S/c1-21-9-13-23(14-10-21)29(27,28)24-15-11-22(12-16-24)19(26)17-3-5-18(6-4-17)25-8-2-7-20-25/h2-8H,9-16H2,1H3. The van der Waals surface area contributed by atoms with Crippen molar-refractivity contribution in [2.24, 2.45) is 0 Å². The van der Waals surface area contributed by atoms with Crippen molar-refractivity contribution in [2.45, 2.75) is 0 Å². The lowest BCUT2D eigenvalue weighted by Gasteiger charge is -2.39. The maximum atomic E-state index is 12.9. The molecular weight excluding hydrogens is 392 g/mol. The number of carbonyl (C=O) groups excluding carboxylic acids is 1. The summed E-state index contributed by atoms with van der Waals surface area (Å²) in [4.78, 5) is 16.7. The van der Waals surface area contributed by atoms with Crippen LogP contribution in [0.2, 0.25) is 0 Å². The lowest BCUT2D eigenvalue weighted by atomic mass is 10.1. The van der Waals surface area contributed by atoms with Gasteiger partial charge in [-0.1, -0.05) is 0 Å². The second kappa shape index (κ2) is 8.23. The molecule has 1 amide bonds. The normalized spacial score (nSPS) is 20.1. The summed E-state index contributed by atoms with van der Waals surface area (Å²) in [5.74, 6) is -0.0753. The smallest absolute Gasteiger partial charge is 0.282 e. The van der Waals surface area contributed by atoms with E-state index in [-0.39, 0.29) is 5.91 Å². The molecule has 3 heterocycles. The zero-order valence-corrected chi connectivity index (χ0v) is 17.3. The van der Waals surface area contributed by atoms with Crippen molar-refractivity contribution >= 4 is 16.1 Å². The van der Waals surface area contributed by atoms with E-state index in [0.29, 0.717) is 44.8 Å². The van der Waals surface area contributed by atoms with Crippen LogP contribution in [0.25, 0.3) is 5.69 Å². The molecule has 10 heteroatoms. The van der Waals surface area contributed by atoms with E-state index in [1.807, 2.05) is 31.4 Å². The molecule has 2 fully saturated rings. The third-order valence-electron chi connectivity index (χ3n) is 5.52. The molecule has 0 saturated carbocycles. The van der Waals surface area contributed by atoms with Gasteiger partial charge >= 0.3 is 0 Å². The third kappa shape index (κ3) is 4.20. The number of carbonyl (C=O) groups is 1. The van der Waals surface area contributed by atoms with Crippen molar-refractivity contribution in [2.75, 3.05) is 59.4 Å². The number of piperazine rings is 2. The van der Waals surface area contributed by atoms with E-state index < -0.39 is 10.2 Å². The molecule has 2 saturated heterocycles. The molecule has 0 N–H and O–H groups in total. The molecule has 2 aliphatic heterocycles. The molecule has 0 unspecified atom stereocenters. The van der Waals surface area contributed by atoms with Gasteiger partial charge in [0.2, 0.25) is 0 Å². The Kier molecular flexibility index (Phi) is 5.68. The van der Waals surface area contributed by atoms with Crippen LogP contribution in [0.5, 0.6) is 0 Å². The summed E-state index contributed by atoms with van der Waals surface area (Å²) in [6, 6.07) is 9.12. The van der Waals surface area contributed by atoms with Gasteiger partial charge in [-0.25, -0.2) is 4.68 Å². The van der Waals surface area contributed by atoms with Gasteiger partial charge in [-0.3, -0.25) is 4.79 Å². The van der Waals surface area contributed by atoms with Gasteiger partial charge in [0.15, 0.2) is 0 Å². The molecule has 1 aromatic carbocycles. The first kappa shape index (κ1) is 20.0. The molecule has 0 aliphatic carbocycles. The number of nitrogens with zero attached hydrogens (tertiary/aromatic N) is 6. The maximum Gasteiger partial charge on any atom is 0.282 e. The molecule has 0 bridgehead atoms. The summed E-state index contributed by atoms with van der Waals surface area (Å²) in [5.41, 5.74) is 1.48. The van der Waals surface area contributed by atoms with Crippen LogP contribution in [0, 0.1) is 0 Å². The van der Waals surface area contributed by atoms with Crippen LogP contribution in [0.15, 0.2) is 42.7 Å². The number of hydrogen-bond acceptors (Lipinski definition) is 5. The largest absolute Gasteiger partial charge is 0.336 e. The summed E-state index contributed by atoms with van der Waals surface area (Å²) in [6.45, 7) is 3.95. The molecule has 4 rings (SSSR count). The zero-order valence-electron chi connectivity index (χ0n) is 16.5. The van der Waals surface area contributed by atoms with E-state index in [4.69, 9.17) is 0 Å². The fourth-order valence-corrected chi connectivity index (χ4v) is 5.24. The number of aromatic nitrogens is 2. The van der Waals surface area contributed by atoms with Gasteiger partial charge in [-0.2, -0.15) is 22.1 Å². The quantitative estimate of drug-likeness (QED) is 0.705. The Morgan fingerprint density at radius 1 is 0.897 bits per heavy atom. The Morgan fingerprint density at radius 3 is 2.03 bits per heavy atom. The Labute approximate surface area is 171 Å². The molecule has 156 valence electrons. The fourth-order valence-electron chi connectivity index (χ4n) is 3.66. The van der Waals surface area contributed by atoms with Crippen LogP contribution < -0.4 is 0 Å². The number of likely N-dealkylation sites (N-methyl/N-ethyl adjacent to an activating group) is 1. The van der Waals surface area contributed by atoms with Crippen LogP contribution in [0.4, 0.5) is 0 Å². The minimum Gasteiger partial charge on any atom is -0.336 e. The topological polar surface area (TPSA) is 82.0 Å². The van der Waals surface area contributed by atoms with Gasteiger partial charge in [-0.05, 0) is 37.4 Å². The molecule has 9 nitrogen and oxygen atoms in total. The van der Waals surface area contributed by atoms with Crippen molar-refractivity contribution in [1.29, 1.82) is 0 Å². The molecule has 0 atom stereocenters. The monoisotopic (exact) mass is 418 g/mol. The van der Waals surface area contributed by atoms with Crippen LogP contribution >= 0.6 is 0 Å². The lowest BCUT2D eigenvalue weighted by Crippen LogP contribution is -2.57. The first-order valence-electron chi connectivity index (χ1n) is 9.78. The summed E-state index contributed by atoms with van der Waals surface area (Å²) in [7, 11) is -1.46. The van der Waals surface area contributed by atoms with Crippen molar-refractivity contribution in [1.82, 2.24) is 28.2 Å². The second-order valence-electron chi connectivity index (χ2n) is 7.40. The van der Waals surface area contributed by atoms with Gasteiger partial charge < -0.3 is 9.80 Å². The minimum absolute atomic E-state index is 0.0753. The van der Waals surface area contributed by atoms with Gasteiger partial charge in [0.05, 0.1) is 5.69 Å². The highest BCUT2D eigenvalue weighted by atomic mass is 32.2. The van der Waals surface area contributed by atoms with E-state index in [1.54, 1.807) is 32.2 Å². The Balaban J connectivity index is 1.36. The van der Waals surface area contributed by atoms with Crippen LogP contribution in [0.3, 0.4) is 0 Å². The van der Waals surface area contributed by atoms with Crippen molar-refractivity contribution in [3.05, 3.63) is 48.3 Å². The zero-order chi connectivity index (χ0) is 20.4. The highest BCUT2D eigenvalue weighted by Crippen LogP contribution is 2.17.